The number of benzene rings is 2. The van der Waals surface area contributed by atoms with Crippen molar-refractivity contribution in [2.24, 2.45) is 0 Å². The minimum absolute atomic E-state index is 0.0295. The first kappa shape index (κ1) is 17.4. The number of anilines is 1. The van der Waals surface area contributed by atoms with Crippen LogP contribution in [0.25, 0.3) is 0 Å². The molecule has 0 aliphatic carbocycles. The predicted molar refractivity (Wildman–Crippen MR) is 103 cm³/mol. The number of ether oxygens (including phenoxy) is 1. The molecule has 4 rings (SSSR count). The lowest BCUT2D eigenvalue weighted by Crippen LogP contribution is -2.37. The van der Waals surface area contributed by atoms with Gasteiger partial charge in [-0.25, -0.2) is 4.79 Å². The molecule has 0 spiro atoms. The number of nitrogens with zero attached hydrogens (tertiary/aromatic N) is 1. The van der Waals surface area contributed by atoms with Crippen molar-refractivity contribution in [1.82, 2.24) is 10.6 Å². The third kappa shape index (κ3) is 3.60. The quantitative estimate of drug-likeness (QED) is 0.875. The lowest BCUT2D eigenvalue weighted by molar-refractivity contribution is 0.0918. The molecule has 2 aliphatic heterocycles. The van der Waals surface area contributed by atoms with Crippen LogP contribution in [0.5, 0.6) is 5.75 Å². The summed E-state index contributed by atoms with van der Waals surface area (Å²) in [6.07, 6.45) is 1.80. The second kappa shape index (κ2) is 7.31. The minimum atomic E-state index is -0.154. The van der Waals surface area contributed by atoms with Crippen LogP contribution in [0.15, 0.2) is 42.5 Å². The number of carbonyl (C=O) groups is 2. The number of amides is 3. The average Bonchev–Trinajstić information content (AvgIpc) is 3.12. The predicted octanol–water partition coefficient (Wildman–Crippen LogP) is 2.65. The van der Waals surface area contributed by atoms with E-state index in [1.165, 1.54) is 5.56 Å². The van der Waals surface area contributed by atoms with Gasteiger partial charge >= 0.3 is 6.03 Å². The summed E-state index contributed by atoms with van der Waals surface area (Å²) in [6.45, 7) is 3.63. The Kier molecular flexibility index (Phi) is 4.71. The fraction of sp³-hybridized carbons (Fsp3) is 0.333. The number of aryl methyl sites for hydroxylation is 2. The number of hydrogen-bond acceptors (Lipinski definition) is 3. The van der Waals surface area contributed by atoms with Crippen molar-refractivity contribution in [3.8, 4) is 5.75 Å². The van der Waals surface area contributed by atoms with E-state index in [1.807, 2.05) is 31.2 Å². The van der Waals surface area contributed by atoms with E-state index in [0.29, 0.717) is 25.2 Å². The number of fused-ring (bicyclic) bond motifs is 1. The van der Waals surface area contributed by atoms with Gasteiger partial charge < -0.3 is 15.4 Å². The summed E-state index contributed by atoms with van der Waals surface area (Å²) in [7, 11) is 0. The Morgan fingerprint density at radius 2 is 2.15 bits per heavy atom. The molecule has 1 atom stereocenters. The monoisotopic (exact) mass is 365 g/mol. The highest BCUT2D eigenvalue weighted by atomic mass is 16.5. The maximum absolute atomic E-state index is 12.6. The third-order valence-electron chi connectivity index (χ3n) is 5.11. The molecule has 2 aromatic rings. The Bertz CT molecular complexity index is 881. The van der Waals surface area contributed by atoms with Crippen molar-refractivity contribution in [3.63, 3.8) is 0 Å². The van der Waals surface area contributed by atoms with Gasteiger partial charge in [-0.2, -0.15) is 0 Å². The summed E-state index contributed by atoms with van der Waals surface area (Å²) < 4.78 is 5.98. The molecule has 2 aromatic carbocycles. The minimum Gasteiger partial charge on any atom is -0.488 e. The molecule has 6 heteroatoms. The Balaban J connectivity index is 1.41. The number of urea groups is 1. The van der Waals surface area contributed by atoms with Crippen molar-refractivity contribution in [1.29, 1.82) is 0 Å². The van der Waals surface area contributed by atoms with Crippen LogP contribution in [-0.2, 0) is 6.42 Å². The summed E-state index contributed by atoms with van der Waals surface area (Å²) in [5.74, 6) is 0.749. The van der Waals surface area contributed by atoms with Gasteiger partial charge in [0, 0.05) is 24.3 Å². The van der Waals surface area contributed by atoms with Crippen LogP contribution in [0.3, 0.4) is 0 Å². The largest absolute Gasteiger partial charge is 0.488 e. The second-order valence-corrected chi connectivity index (χ2v) is 6.98. The van der Waals surface area contributed by atoms with E-state index >= 15 is 0 Å². The molecule has 0 bridgehead atoms. The molecule has 3 amide bonds. The van der Waals surface area contributed by atoms with Gasteiger partial charge in [0.25, 0.3) is 5.91 Å². The van der Waals surface area contributed by atoms with Gasteiger partial charge in [0.05, 0.1) is 6.54 Å². The summed E-state index contributed by atoms with van der Waals surface area (Å²) in [6, 6.07) is 13.4. The molecular weight excluding hydrogens is 342 g/mol. The van der Waals surface area contributed by atoms with Crippen LogP contribution in [0.2, 0.25) is 0 Å². The van der Waals surface area contributed by atoms with Crippen LogP contribution in [0, 0.1) is 6.92 Å². The zero-order valence-corrected chi connectivity index (χ0v) is 15.3. The summed E-state index contributed by atoms with van der Waals surface area (Å²) in [4.78, 5) is 26.2. The summed E-state index contributed by atoms with van der Waals surface area (Å²) in [5.41, 5.74) is 3.51. The molecule has 1 fully saturated rings. The first-order valence-electron chi connectivity index (χ1n) is 9.30. The van der Waals surface area contributed by atoms with Crippen molar-refractivity contribution < 1.29 is 14.3 Å². The van der Waals surface area contributed by atoms with E-state index in [2.05, 4.69) is 16.7 Å². The van der Waals surface area contributed by atoms with E-state index in [4.69, 9.17) is 4.74 Å². The molecular formula is C21H23N3O3. The van der Waals surface area contributed by atoms with Gasteiger partial charge in [-0.15, -0.1) is 0 Å². The van der Waals surface area contributed by atoms with Gasteiger partial charge in [0.2, 0.25) is 0 Å². The average molecular weight is 365 g/mol. The smallest absolute Gasteiger partial charge is 0.322 e. The molecule has 0 saturated carbocycles. The topological polar surface area (TPSA) is 70.7 Å². The second-order valence-electron chi connectivity index (χ2n) is 6.98. The molecule has 2 aliphatic rings. The molecule has 2 N–H and O–H groups in total. The van der Waals surface area contributed by atoms with Crippen LogP contribution in [0.4, 0.5) is 10.5 Å². The Morgan fingerprint density at radius 1 is 1.30 bits per heavy atom. The maximum atomic E-state index is 12.6. The lowest BCUT2D eigenvalue weighted by Gasteiger charge is -2.26. The maximum Gasteiger partial charge on any atom is 0.322 e. The number of carbonyl (C=O) groups excluding carboxylic acids is 2. The van der Waals surface area contributed by atoms with Crippen molar-refractivity contribution >= 4 is 17.6 Å². The highest BCUT2D eigenvalue weighted by molar-refractivity contribution is 5.99. The molecule has 6 nitrogen and oxygen atoms in total. The summed E-state index contributed by atoms with van der Waals surface area (Å²) >= 11 is 0. The lowest BCUT2D eigenvalue weighted by atomic mass is 10.0. The van der Waals surface area contributed by atoms with E-state index in [0.717, 1.165) is 29.8 Å². The molecule has 1 saturated heterocycles. The molecule has 2 heterocycles. The zero-order valence-electron chi connectivity index (χ0n) is 15.3. The molecule has 27 heavy (non-hydrogen) atoms. The molecule has 0 unspecified atom stereocenters. The highest BCUT2D eigenvalue weighted by Gasteiger charge is 2.24. The Hall–Kier alpha value is -3.02. The fourth-order valence-corrected chi connectivity index (χ4v) is 3.58. The van der Waals surface area contributed by atoms with E-state index in [-0.39, 0.29) is 18.0 Å². The highest BCUT2D eigenvalue weighted by Crippen LogP contribution is 2.27. The van der Waals surface area contributed by atoms with Crippen LogP contribution >= 0.6 is 0 Å². The number of para-hydroxylation sites is 1. The van der Waals surface area contributed by atoms with E-state index < -0.39 is 0 Å². The normalized spacial score (nSPS) is 18.5. The fourth-order valence-electron chi connectivity index (χ4n) is 3.58. The Morgan fingerprint density at radius 3 is 2.96 bits per heavy atom. The standard InChI is InChI=1S/C21H23N3O3/c1-14-6-7-16(12-18(14)24-11-10-22-21(24)26)20(25)23-13-17-9-8-15-4-2-3-5-19(15)27-17/h2-7,12,17H,8-11,13H2,1H3,(H,22,26)(H,23,25)/t17-/m1/s1. The zero-order chi connectivity index (χ0) is 18.8. The summed E-state index contributed by atoms with van der Waals surface area (Å²) in [5, 5.41) is 5.76. The van der Waals surface area contributed by atoms with Crippen LogP contribution < -0.4 is 20.3 Å². The first-order chi connectivity index (χ1) is 13.1. The molecule has 140 valence electrons. The van der Waals surface area contributed by atoms with Gasteiger partial charge in [0.15, 0.2) is 0 Å². The van der Waals surface area contributed by atoms with E-state index in [9.17, 15) is 9.59 Å². The third-order valence-corrected chi connectivity index (χ3v) is 5.11. The van der Waals surface area contributed by atoms with Crippen LogP contribution in [-0.4, -0.2) is 37.7 Å². The van der Waals surface area contributed by atoms with Crippen molar-refractivity contribution in [2.75, 3.05) is 24.5 Å². The van der Waals surface area contributed by atoms with Crippen LogP contribution in [0.1, 0.15) is 27.9 Å². The van der Waals surface area contributed by atoms with Gasteiger partial charge in [-0.3, -0.25) is 9.69 Å². The molecule has 0 aromatic heterocycles. The SMILES string of the molecule is Cc1ccc(C(=O)NC[C@H]2CCc3ccccc3O2)cc1N1CCNC1=O. The number of nitrogens with one attached hydrogen (secondary N) is 2. The number of hydrogen-bond donors (Lipinski definition) is 2. The molecule has 0 radical (unpaired) electrons. The van der Waals surface area contributed by atoms with E-state index in [1.54, 1.807) is 17.0 Å². The van der Waals surface area contributed by atoms with Crippen molar-refractivity contribution in [2.45, 2.75) is 25.9 Å². The van der Waals surface area contributed by atoms with Gasteiger partial charge in [-0.1, -0.05) is 24.3 Å². The van der Waals surface area contributed by atoms with Gasteiger partial charge in [0.1, 0.15) is 11.9 Å². The van der Waals surface area contributed by atoms with Gasteiger partial charge in [-0.05, 0) is 49.1 Å². The Labute approximate surface area is 158 Å². The first-order valence-corrected chi connectivity index (χ1v) is 9.30. The van der Waals surface area contributed by atoms with Crippen molar-refractivity contribution in [3.05, 3.63) is 59.2 Å². The number of rotatable bonds is 4.